The maximum absolute atomic E-state index is 11.6. The van der Waals surface area contributed by atoms with Crippen molar-refractivity contribution < 1.29 is 14.3 Å². The molecule has 0 aliphatic heterocycles. The predicted octanol–water partition coefficient (Wildman–Crippen LogP) is 3.80. The van der Waals surface area contributed by atoms with Gasteiger partial charge in [-0.3, -0.25) is 0 Å². The molecule has 23 heavy (non-hydrogen) atoms. The van der Waals surface area contributed by atoms with E-state index in [0.717, 1.165) is 10.9 Å². The maximum Gasteiger partial charge on any atom is 0.337 e. The first kappa shape index (κ1) is 14.6. The van der Waals surface area contributed by atoms with Gasteiger partial charge in [-0.15, -0.1) is 6.42 Å². The molecule has 3 aromatic rings. The molecule has 112 valence electrons. The molecule has 0 unspecified atom stereocenters. The van der Waals surface area contributed by atoms with Gasteiger partial charge in [0.2, 0.25) is 0 Å². The van der Waals surface area contributed by atoms with Crippen LogP contribution in [0, 0.1) is 12.3 Å². The highest BCUT2D eigenvalue weighted by atomic mass is 16.5. The molecule has 0 fully saturated rings. The molecular weight excluding hydrogens is 290 g/mol. The highest BCUT2D eigenvalue weighted by Gasteiger charge is 2.09. The predicted molar refractivity (Wildman–Crippen MR) is 87.5 cm³/mol. The first-order valence-electron chi connectivity index (χ1n) is 6.94. The highest BCUT2D eigenvalue weighted by Crippen LogP contribution is 2.29. The van der Waals surface area contributed by atoms with E-state index >= 15 is 0 Å². The lowest BCUT2D eigenvalue weighted by molar-refractivity contribution is 0.0600. The Balaban J connectivity index is 1.99. The summed E-state index contributed by atoms with van der Waals surface area (Å²) in [4.78, 5) is 16.0. The highest BCUT2D eigenvalue weighted by molar-refractivity contribution is 5.90. The van der Waals surface area contributed by atoms with Crippen molar-refractivity contribution in [1.82, 2.24) is 4.98 Å². The van der Waals surface area contributed by atoms with Gasteiger partial charge in [0.15, 0.2) is 0 Å². The first-order valence-corrected chi connectivity index (χ1v) is 6.94. The number of hydrogen-bond donors (Lipinski definition) is 0. The third-order valence-electron chi connectivity index (χ3n) is 3.32. The molecule has 4 nitrogen and oxygen atoms in total. The Morgan fingerprint density at radius 1 is 1.13 bits per heavy atom. The lowest BCUT2D eigenvalue weighted by Gasteiger charge is -2.09. The summed E-state index contributed by atoms with van der Waals surface area (Å²) in [5.41, 5.74) is 1.75. The molecule has 0 saturated carbocycles. The van der Waals surface area contributed by atoms with Gasteiger partial charge in [-0.2, -0.15) is 0 Å². The number of nitrogens with zero attached hydrogens (tertiary/aromatic N) is 1. The fourth-order valence-corrected chi connectivity index (χ4v) is 2.23. The smallest absolute Gasteiger partial charge is 0.337 e. The number of terminal acetylenes is 1. The van der Waals surface area contributed by atoms with E-state index < -0.39 is 5.97 Å². The fourth-order valence-electron chi connectivity index (χ4n) is 2.23. The van der Waals surface area contributed by atoms with Crippen LogP contribution in [0.15, 0.2) is 54.6 Å². The van der Waals surface area contributed by atoms with Crippen molar-refractivity contribution in [1.29, 1.82) is 0 Å². The summed E-state index contributed by atoms with van der Waals surface area (Å²) < 4.78 is 10.6. The standard InChI is InChI=1S/C19H13NO3/c1-3-14-10-11-16-17(20-14)8-5-9-18(16)23-15-7-4-6-13(12-15)19(21)22-2/h1,4-12H,2H3. The molecular formula is C19H13NO3. The van der Waals surface area contributed by atoms with Crippen molar-refractivity contribution in [3.05, 3.63) is 65.9 Å². The van der Waals surface area contributed by atoms with Gasteiger partial charge in [0.05, 0.1) is 18.2 Å². The fraction of sp³-hybridized carbons (Fsp3) is 0.0526. The summed E-state index contributed by atoms with van der Waals surface area (Å²) in [6, 6.07) is 16.0. The second-order valence-electron chi connectivity index (χ2n) is 4.79. The van der Waals surface area contributed by atoms with E-state index in [2.05, 4.69) is 10.9 Å². The lowest BCUT2D eigenvalue weighted by atomic mass is 10.1. The zero-order valence-electron chi connectivity index (χ0n) is 12.4. The summed E-state index contributed by atoms with van der Waals surface area (Å²) in [5, 5.41) is 0.843. The zero-order valence-corrected chi connectivity index (χ0v) is 12.4. The van der Waals surface area contributed by atoms with Crippen molar-refractivity contribution in [2.24, 2.45) is 0 Å². The Labute approximate surface area is 133 Å². The lowest BCUT2D eigenvalue weighted by Crippen LogP contribution is -2.00. The van der Waals surface area contributed by atoms with Crippen molar-refractivity contribution in [2.75, 3.05) is 7.11 Å². The van der Waals surface area contributed by atoms with Crippen LogP contribution in [0.5, 0.6) is 11.5 Å². The van der Waals surface area contributed by atoms with Crippen molar-refractivity contribution >= 4 is 16.9 Å². The molecule has 0 N–H and O–H groups in total. The molecule has 1 aromatic heterocycles. The monoisotopic (exact) mass is 303 g/mol. The van der Waals surface area contributed by atoms with Gasteiger partial charge in [0.1, 0.15) is 17.2 Å². The number of benzene rings is 2. The Morgan fingerprint density at radius 2 is 1.96 bits per heavy atom. The first-order chi connectivity index (χ1) is 11.2. The summed E-state index contributed by atoms with van der Waals surface area (Å²) in [6.45, 7) is 0. The van der Waals surface area contributed by atoms with Crippen LogP contribution in [0.3, 0.4) is 0 Å². The summed E-state index contributed by atoms with van der Waals surface area (Å²) in [5.74, 6) is 3.29. The van der Waals surface area contributed by atoms with Gasteiger partial charge in [-0.25, -0.2) is 9.78 Å². The number of hydrogen-bond acceptors (Lipinski definition) is 4. The van der Waals surface area contributed by atoms with E-state index in [-0.39, 0.29) is 0 Å². The van der Waals surface area contributed by atoms with E-state index in [0.29, 0.717) is 22.8 Å². The zero-order chi connectivity index (χ0) is 16.2. The van der Waals surface area contributed by atoms with Crippen LogP contribution in [0.25, 0.3) is 10.9 Å². The Hall–Kier alpha value is -3.32. The van der Waals surface area contributed by atoms with Gasteiger partial charge < -0.3 is 9.47 Å². The average Bonchev–Trinajstić information content (AvgIpc) is 2.61. The number of carbonyl (C=O) groups excluding carboxylic acids is 1. The van der Waals surface area contributed by atoms with Crippen LogP contribution >= 0.6 is 0 Å². The number of ether oxygens (including phenoxy) is 2. The van der Waals surface area contributed by atoms with Crippen LogP contribution in [0.1, 0.15) is 16.1 Å². The van der Waals surface area contributed by atoms with E-state index in [1.54, 1.807) is 30.3 Å². The molecule has 0 radical (unpaired) electrons. The second-order valence-corrected chi connectivity index (χ2v) is 4.79. The van der Waals surface area contributed by atoms with Gasteiger partial charge in [0.25, 0.3) is 0 Å². The summed E-state index contributed by atoms with van der Waals surface area (Å²) in [7, 11) is 1.34. The van der Waals surface area contributed by atoms with Gasteiger partial charge in [-0.05, 0) is 42.5 Å². The van der Waals surface area contributed by atoms with E-state index in [4.69, 9.17) is 15.9 Å². The second kappa shape index (κ2) is 6.20. The number of esters is 1. The van der Waals surface area contributed by atoms with E-state index in [9.17, 15) is 4.79 Å². The maximum atomic E-state index is 11.6. The molecule has 2 aromatic carbocycles. The van der Waals surface area contributed by atoms with Crippen molar-refractivity contribution in [2.45, 2.75) is 0 Å². The van der Waals surface area contributed by atoms with Crippen LogP contribution in [-0.4, -0.2) is 18.1 Å². The SMILES string of the molecule is C#Cc1ccc2c(Oc3cccc(C(=O)OC)c3)cccc2n1. The van der Waals surface area contributed by atoms with E-state index in [1.165, 1.54) is 7.11 Å². The van der Waals surface area contributed by atoms with Crippen molar-refractivity contribution in [3.8, 4) is 23.8 Å². The molecule has 0 saturated heterocycles. The molecule has 0 aliphatic rings. The molecule has 0 atom stereocenters. The average molecular weight is 303 g/mol. The van der Waals surface area contributed by atoms with Crippen molar-refractivity contribution in [3.63, 3.8) is 0 Å². The third kappa shape index (κ3) is 2.99. The number of rotatable bonds is 3. The molecule has 3 rings (SSSR count). The van der Waals surface area contributed by atoms with Gasteiger partial charge in [-0.1, -0.05) is 18.1 Å². The number of carbonyl (C=O) groups is 1. The van der Waals surface area contributed by atoms with Gasteiger partial charge in [0, 0.05) is 5.39 Å². The number of aromatic nitrogens is 1. The minimum absolute atomic E-state index is 0.409. The van der Waals surface area contributed by atoms with Crippen LogP contribution < -0.4 is 4.74 Å². The molecule has 1 heterocycles. The van der Waals surface area contributed by atoms with Crippen LogP contribution in [0.2, 0.25) is 0 Å². The minimum Gasteiger partial charge on any atom is -0.465 e. The van der Waals surface area contributed by atoms with Crippen LogP contribution in [0.4, 0.5) is 0 Å². The summed E-state index contributed by atoms with van der Waals surface area (Å²) >= 11 is 0. The number of pyridine rings is 1. The normalized spacial score (nSPS) is 10.1. The molecule has 0 bridgehead atoms. The van der Waals surface area contributed by atoms with Gasteiger partial charge >= 0.3 is 5.97 Å². The van der Waals surface area contributed by atoms with Crippen LogP contribution in [-0.2, 0) is 4.74 Å². The third-order valence-corrected chi connectivity index (χ3v) is 3.32. The molecule has 0 aliphatic carbocycles. The Kier molecular flexibility index (Phi) is 3.94. The quantitative estimate of drug-likeness (QED) is 0.545. The largest absolute Gasteiger partial charge is 0.465 e. The molecule has 4 heteroatoms. The number of fused-ring (bicyclic) bond motifs is 1. The minimum atomic E-state index is -0.409. The van der Waals surface area contributed by atoms with E-state index in [1.807, 2.05) is 24.3 Å². The summed E-state index contributed by atoms with van der Waals surface area (Å²) in [6.07, 6.45) is 5.37. The number of methoxy groups -OCH3 is 1. The molecule has 0 spiro atoms. The Morgan fingerprint density at radius 3 is 2.74 bits per heavy atom. The Bertz CT molecular complexity index is 925. The topological polar surface area (TPSA) is 48.4 Å². The molecule has 0 amide bonds.